The zero-order valence-electron chi connectivity index (χ0n) is 19.2. The zero-order chi connectivity index (χ0) is 22.0. The van der Waals surface area contributed by atoms with Crippen LogP contribution in [0.3, 0.4) is 0 Å². The molecule has 0 spiro atoms. The van der Waals surface area contributed by atoms with Gasteiger partial charge in [0, 0.05) is 54.7 Å². The molecule has 1 aliphatic heterocycles. The van der Waals surface area contributed by atoms with Crippen molar-refractivity contribution in [1.29, 1.82) is 0 Å². The van der Waals surface area contributed by atoms with Gasteiger partial charge in [-0.3, -0.25) is 14.5 Å². The Morgan fingerprint density at radius 3 is 2.03 bits per heavy atom. The number of hydrogen-bond acceptors (Lipinski definition) is 3. The molecule has 0 bridgehead atoms. The summed E-state index contributed by atoms with van der Waals surface area (Å²) in [4.78, 5) is 29.8. The molecule has 1 aliphatic rings. The first-order valence-corrected chi connectivity index (χ1v) is 11.0. The Labute approximate surface area is 180 Å². The van der Waals surface area contributed by atoms with Gasteiger partial charge in [-0.15, -0.1) is 0 Å². The highest BCUT2D eigenvalue weighted by Gasteiger charge is 2.25. The van der Waals surface area contributed by atoms with Gasteiger partial charge in [0.15, 0.2) is 5.78 Å². The van der Waals surface area contributed by atoms with E-state index in [0.29, 0.717) is 31.6 Å². The van der Waals surface area contributed by atoms with E-state index in [9.17, 15) is 9.59 Å². The first kappa shape index (κ1) is 22.3. The third kappa shape index (κ3) is 4.67. The van der Waals surface area contributed by atoms with Crippen LogP contribution in [0.15, 0.2) is 30.3 Å². The Morgan fingerprint density at radius 2 is 1.53 bits per heavy atom. The number of carbonyl (C=O) groups is 2. The van der Waals surface area contributed by atoms with Gasteiger partial charge in [0.2, 0.25) is 0 Å². The minimum absolute atomic E-state index is 0.0803. The van der Waals surface area contributed by atoms with Crippen LogP contribution in [-0.2, 0) is 0 Å². The van der Waals surface area contributed by atoms with Crippen molar-refractivity contribution in [2.45, 2.75) is 53.5 Å². The molecule has 5 nitrogen and oxygen atoms in total. The van der Waals surface area contributed by atoms with Crippen molar-refractivity contribution in [2.24, 2.45) is 0 Å². The topological polar surface area (TPSA) is 45.6 Å². The summed E-state index contributed by atoms with van der Waals surface area (Å²) < 4.78 is 2.22. The summed E-state index contributed by atoms with van der Waals surface area (Å²) in [5, 5.41) is 0. The lowest BCUT2D eigenvalue weighted by atomic mass is 10.0. The van der Waals surface area contributed by atoms with Gasteiger partial charge in [-0.2, -0.15) is 0 Å². The van der Waals surface area contributed by atoms with Gasteiger partial charge in [0.05, 0.1) is 6.54 Å². The summed E-state index contributed by atoms with van der Waals surface area (Å²) in [7, 11) is 0. The molecule has 1 amide bonds. The maximum Gasteiger partial charge on any atom is 0.253 e. The Hall–Kier alpha value is -2.40. The van der Waals surface area contributed by atoms with Crippen LogP contribution >= 0.6 is 0 Å². The number of hydrogen-bond donors (Lipinski definition) is 0. The summed E-state index contributed by atoms with van der Waals surface area (Å²) in [6.45, 7) is 15.8. The van der Waals surface area contributed by atoms with Crippen molar-refractivity contribution in [1.82, 2.24) is 14.4 Å². The van der Waals surface area contributed by atoms with Crippen LogP contribution in [-0.4, -0.2) is 58.8 Å². The maximum absolute atomic E-state index is 12.9. The lowest BCUT2D eigenvalue weighted by molar-refractivity contribution is 0.0624. The molecule has 30 heavy (non-hydrogen) atoms. The average Bonchev–Trinajstić information content (AvgIpc) is 3.02. The van der Waals surface area contributed by atoms with E-state index in [2.05, 4.69) is 44.1 Å². The standard InChI is InChI=1S/C25H35N3O2/c1-17(2)21-7-9-22(10-8-21)25(30)27-13-11-26(12-14-27)16-24(29)23-15-19(5)28(18(3)4)20(23)6/h7-10,15,17-18H,11-14,16H2,1-6H3. The molecular formula is C25H35N3O2. The van der Waals surface area contributed by atoms with Crippen LogP contribution in [0.1, 0.15) is 77.3 Å². The lowest BCUT2D eigenvalue weighted by Gasteiger charge is -2.34. The Balaban J connectivity index is 1.57. The molecule has 5 heteroatoms. The summed E-state index contributed by atoms with van der Waals surface area (Å²) in [5.41, 5.74) is 4.98. The third-order valence-corrected chi connectivity index (χ3v) is 6.15. The molecule has 0 saturated carbocycles. The van der Waals surface area contributed by atoms with Crippen LogP contribution in [0.25, 0.3) is 0 Å². The maximum atomic E-state index is 12.9. The molecule has 2 aromatic rings. The van der Waals surface area contributed by atoms with Gasteiger partial charge in [0.1, 0.15) is 0 Å². The first-order chi connectivity index (χ1) is 14.2. The van der Waals surface area contributed by atoms with E-state index < -0.39 is 0 Å². The highest BCUT2D eigenvalue weighted by molar-refractivity contribution is 5.99. The molecule has 1 aromatic carbocycles. The molecule has 162 valence electrons. The minimum Gasteiger partial charge on any atom is -0.346 e. The number of piperazine rings is 1. The van der Waals surface area contributed by atoms with E-state index in [1.165, 1.54) is 5.56 Å². The number of benzene rings is 1. The van der Waals surface area contributed by atoms with Crippen LogP contribution < -0.4 is 0 Å². The van der Waals surface area contributed by atoms with E-state index in [0.717, 1.165) is 35.6 Å². The number of nitrogens with zero attached hydrogens (tertiary/aromatic N) is 3. The van der Waals surface area contributed by atoms with Crippen LogP contribution in [0, 0.1) is 13.8 Å². The van der Waals surface area contributed by atoms with Crippen LogP contribution in [0.5, 0.6) is 0 Å². The molecule has 1 fully saturated rings. The van der Waals surface area contributed by atoms with Gasteiger partial charge < -0.3 is 9.47 Å². The highest BCUT2D eigenvalue weighted by Crippen LogP contribution is 2.21. The molecule has 0 aliphatic carbocycles. The zero-order valence-corrected chi connectivity index (χ0v) is 19.2. The van der Waals surface area contributed by atoms with E-state index in [1.54, 1.807) is 0 Å². The Morgan fingerprint density at radius 1 is 0.933 bits per heavy atom. The molecule has 0 unspecified atom stereocenters. The van der Waals surface area contributed by atoms with Gasteiger partial charge >= 0.3 is 0 Å². The summed E-state index contributed by atoms with van der Waals surface area (Å²) >= 11 is 0. The first-order valence-electron chi connectivity index (χ1n) is 11.0. The quantitative estimate of drug-likeness (QED) is 0.662. The molecule has 0 atom stereocenters. The van der Waals surface area contributed by atoms with Gasteiger partial charge in [0.25, 0.3) is 5.91 Å². The number of amides is 1. The SMILES string of the molecule is Cc1cc(C(=O)CN2CCN(C(=O)c3ccc(C(C)C)cc3)CC2)c(C)n1C(C)C. The number of rotatable bonds is 6. The van der Waals surface area contributed by atoms with Crippen molar-refractivity contribution in [3.05, 3.63) is 58.4 Å². The van der Waals surface area contributed by atoms with Crippen molar-refractivity contribution < 1.29 is 9.59 Å². The minimum atomic E-state index is 0.0803. The van der Waals surface area contributed by atoms with E-state index in [-0.39, 0.29) is 11.7 Å². The fraction of sp³-hybridized carbons (Fsp3) is 0.520. The van der Waals surface area contributed by atoms with Crippen LogP contribution in [0.2, 0.25) is 0 Å². The molecule has 2 heterocycles. The second-order valence-electron chi connectivity index (χ2n) is 9.02. The van der Waals surface area contributed by atoms with E-state index in [1.807, 2.05) is 42.2 Å². The lowest BCUT2D eigenvalue weighted by Crippen LogP contribution is -2.49. The summed E-state index contributed by atoms with van der Waals surface area (Å²) in [5.74, 6) is 0.705. The normalized spacial score (nSPS) is 15.3. The molecule has 1 aromatic heterocycles. The molecular weight excluding hydrogens is 374 g/mol. The van der Waals surface area contributed by atoms with Crippen LogP contribution in [0.4, 0.5) is 0 Å². The fourth-order valence-corrected chi connectivity index (χ4v) is 4.44. The number of aryl methyl sites for hydroxylation is 1. The monoisotopic (exact) mass is 409 g/mol. The van der Waals surface area contributed by atoms with E-state index >= 15 is 0 Å². The third-order valence-electron chi connectivity index (χ3n) is 6.15. The molecule has 1 saturated heterocycles. The van der Waals surface area contributed by atoms with Crippen molar-refractivity contribution in [3.8, 4) is 0 Å². The van der Waals surface area contributed by atoms with Crippen molar-refractivity contribution in [2.75, 3.05) is 32.7 Å². The fourth-order valence-electron chi connectivity index (χ4n) is 4.44. The van der Waals surface area contributed by atoms with Crippen molar-refractivity contribution >= 4 is 11.7 Å². The summed E-state index contributed by atoms with van der Waals surface area (Å²) in [6.07, 6.45) is 0. The molecule has 0 N–H and O–H groups in total. The van der Waals surface area contributed by atoms with Gasteiger partial charge in [-0.1, -0.05) is 26.0 Å². The number of Topliss-reactive ketones (excluding diaryl/α,β-unsaturated/α-hetero) is 1. The molecule has 0 radical (unpaired) electrons. The van der Waals surface area contributed by atoms with Gasteiger partial charge in [-0.25, -0.2) is 0 Å². The largest absolute Gasteiger partial charge is 0.346 e. The van der Waals surface area contributed by atoms with E-state index in [4.69, 9.17) is 0 Å². The predicted molar refractivity (Wildman–Crippen MR) is 121 cm³/mol. The van der Waals surface area contributed by atoms with Crippen molar-refractivity contribution in [3.63, 3.8) is 0 Å². The predicted octanol–water partition coefficient (Wildman–Crippen LogP) is 4.45. The van der Waals surface area contributed by atoms with Gasteiger partial charge in [-0.05, 0) is 57.4 Å². The molecule has 3 rings (SSSR count). The number of aromatic nitrogens is 1. The number of carbonyl (C=O) groups excluding carboxylic acids is 2. The summed E-state index contributed by atoms with van der Waals surface area (Å²) in [6, 6.07) is 10.3. The second-order valence-corrected chi connectivity index (χ2v) is 9.02. The second kappa shape index (κ2) is 9.17. The Bertz CT molecular complexity index is 901. The number of ketones is 1. The smallest absolute Gasteiger partial charge is 0.253 e. The Kier molecular flexibility index (Phi) is 6.81. The highest BCUT2D eigenvalue weighted by atomic mass is 16.2. The average molecular weight is 410 g/mol.